The molecule has 2 saturated heterocycles. The summed E-state index contributed by atoms with van der Waals surface area (Å²) in [5.41, 5.74) is 1.25. The summed E-state index contributed by atoms with van der Waals surface area (Å²) in [6.07, 6.45) is 11.4. The van der Waals surface area contributed by atoms with Crippen LogP contribution < -0.4 is 20.1 Å². The number of aromatic nitrogens is 1. The molecule has 57 heavy (non-hydrogen) atoms. The van der Waals surface area contributed by atoms with Crippen molar-refractivity contribution in [3.63, 3.8) is 0 Å². The molecule has 2 unspecified atom stereocenters. The highest BCUT2D eigenvalue weighted by Crippen LogP contribution is 2.32. The second kappa shape index (κ2) is 18.7. The summed E-state index contributed by atoms with van der Waals surface area (Å²) < 4.78 is 43.9. The number of hydrogen-bond donors (Lipinski definition) is 4. The van der Waals surface area contributed by atoms with Crippen molar-refractivity contribution in [2.24, 2.45) is 17.8 Å². The molecule has 2 aromatic rings. The number of hydrogen-bond acceptors (Lipinski definition) is 11. The molecule has 3 heterocycles. The number of unbranched alkanes of at least 4 members (excludes halogenated alkanes) is 1. The molecule has 4 aliphatic rings. The summed E-state index contributed by atoms with van der Waals surface area (Å²) in [4.78, 5) is 60.2. The molecule has 0 radical (unpaired) electrons. The van der Waals surface area contributed by atoms with Gasteiger partial charge in [-0.2, -0.15) is 0 Å². The number of pyridine rings is 1. The lowest BCUT2D eigenvalue weighted by atomic mass is 9.96. The fraction of sp³-hybridized carbons (Fsp3) is 0.585. The number of nitrogens with zero attached hydrogens (tertiary/aromatic N) is 2. The average molecular weight is 810 g/mol. The molecule has 1 aromatic heterocycles. The summed E-state index contributed by atoms with van der Waals surface area (Å²) >= 11 is 0. The maximum atomic E-state index is 14.2. The van der Waals surface area contributed by atoms with Crippen molar-refractivity contribution >= 4 is 50.8 Å². The fourth-order valence-corrected chi connectivity index (χ4v) is 9.36. The minimum Gasteiger partial charge on any atom is -0.497 e. The maximum absolute atomic E-state index is 14.2. The normalized spacial score (nSPS) is 22.9. The van der Waals surface area contributed by atoms with Crippen molar-refractivity contribution in [1.82, 2.24) is 25.2 Å². The highest BCUT2D eigenvalue weighted by Gasteiger charge is 2.44. The molecule has 0 spiro atoms. The van der Waals surface area contributed by atoms with Crippen LogP contribution in [0, 0.1) is 17.8 Å². The summed E-state index contributed by atoms with van der Waals surface area (Å²) in [6.45, 7) is 6.34. The Bertz CT molecular complexity index is 1950. The Hall–Kier alpha value is -4.70. The number of amides is 4. The van der Waals surface area contributed by atoms with Gasteiger partial charge in [-0.25, -0.2) is 18.2 Å². The monoisotopic (exact) mass is 809 g/mol. The Labute approximate surface area is 334 Å². The molecule has 15 nitrogen and oxygen atoms in total. The number of carbonyl (C=O) groups is 4. The topological polar surface area (TPSA) is 203 Å². The molecule has 2 saturated carbocycles. The molecule has 0 bridgehead atoms. The minimum atomic E-state index is -3.85. The number of likely N-dealkylation sites (tertiary alicyclic amines) is 1. The van der Waals surface area contributed by atoms with Crippen LogP contribution in [0.2, 0.25) is 0 Å². The Morgan fingerprint density at radius 1 is 1.07 bits per heavy atom. The first-order valence-electron chi connectivity index (χ1n) is 20.1. The van der Waals surface area contributed by atoms with Gasteiger partial charge in [0, 0.05) is 35.4 Å². The van der Waals surface area contributed by atoms with Crippen molar-refractivity contribution in [3.05, 3.63) is 48.6 Å². The molecular weight excluding hydrogens is 755 g/mol. The number of fused-ring (bicyclic) bond motifs is 1. The standard InChI is InChI=1S/C41H55N5O10S/c1-4-25(2)35(39(49)45-57(52,53)31-18-19-31)43-38(48)33-15-10-20-46(33)40(50)36(26-11-8-9-12-26)44-41(51)56-34-24-55-23-29(34)14-7-5-6-13-28-21-27-16-17-30(54-3)22-32(27)42-37(28)47/h4,6,13,16-17,21-22,25-26,29,31,33-36H,1,5,7-12,14-15,18-20,23-24H2,2-3H3,(H,42,47)(H,43,48)(H,44,51)(H,45,49)/b13-6+/t25-,29-,33-,34-,35?,36?/m0/s1. The number of methoxy groups -OCH3 is 1. The zero-order valence-corrected chi connectivity index (χ0v) is 33.5. The number of sulfonamides is 1. The number of benzene rings is 1. The number of carbonyl (C=O) groups excluding carboxylic acids is 4. The molecule has 4 amide bonds. The van der Waals surface area contributed by atoms with Crippen molar-refractivity contribution in [1.29, 1.82) is 0 Å². The zero-order valence-electron chi connectivity index (χ0n) is 32.7. The van der Waals surface area contributed by atoms with Crippen LogP contribution in [0.5, 0.6) is 11.6 Å². The number of allylic oxidation sites excluding steroid dienone is 1. The summed E-state index contributed by atoms with van der Waals surface area (Å²) in [5.74, 6) is -1.98. The molecule has 310 valence electrons. The van der Waals surface area contributed by atoms with Crippen molar-refractivity contribution < 1.29 is 46.9 Å². The van der Waals surface area contributed by atoms with E-state index in [9.17, 15) is 32.7 Å². The van der Waals surface area contributed by atoms with Gasteiger partial charge in [-0.3, -0.25) is 19.1 Å². The van der Waals surface area contributed by atoms with Gasteiger partial charge in [0.2, 0.25) is 27.7 Å². The molecule has 2 aliphatic heterocycles. The van der Waals surface area contributed by atoms with Crippen LogP contribution in [0.15, 0.2) is 43.0 Å². The van der Waals surface area contributed by atoms with Crippen molar-refractivity contribution in [2.75, 3.05) is 26.9 Å². The van der Waals surface area contributed by atoms with Gasteiger partial charge < -0.3 is 34.9 Å². The van der Waals surface area contributed by atoms with Crippen molar-refractivity contribution in [3.8, 4) is 11.6 Å². The molecule has 4 N–H and O–H groups in total. The lowest BCUT2D eigenvalue weighted by Gasteiger charge is -2.32. The second-order valence-corrected chi connectivity index (χ2v) is 17.6. The van der Waals surface area contributed by atoms with Gasteiger partial charge >= 0.3 is 6.09 Å². The smallest absolute Gasteiger partial charge is 0.408 e. The van der Waals surface area contributed by atoms with E-state index in [0.717, 1.165) is 50.3 Å². The van der Waals surface area contributed by atoms with E-state index in [1.54, 1.807) is 20.1 Å². The third-order valence-corrected chi connectivity index (χ3v) is 13.4. The summed E-state index contributed by atoms with van der Waals surface area (Å²) in [5, 5.41) is 16.3. The minimum absolute atomic E-state index is 0.0375. The Morgan fingerprint density at radius 3 is 2.56 bits per heavy atom. The van der Waals surface area contributed by atoms with E-state index in [0.29, 0.717) is 55.7 Å². The van der Waals surface area contributed by atoms with E-state index in [-0.39, 0.29) is 30.2 Å². The van der Waals surface area contributed by atoms with E-state index in [1.807, 2.05) is 30.4 Å². The highest BCUT2D eigenvalue weighted by atomic mass is 32.2. The third-order valence-electron chi connectivity index (χ3n) is 11.6. The predicted molar refractivity (Wildman–Crippen MR) is 212 cm³/mol. The zero-order chi connectivity index (χ0) is 40.7. The average Bonchev–Trinajstić information content (AvgIpc) is 3.51. The van der Waals surface area contributed by atoms with E-state index in [4.69, 9.17) is 14.2 Å². The SMILES string of the molecule is C=C[C@H](C)C(NC(=O)[C@@H]1CCCN1C(=O)C(NC(=O)O[C@H]1COC[C@@H]1CCC/C=C/c1cc2ccc(OC)cc2nc1O)C1CCCC1)C(=O)NS(=O)(=O)C1CC1. The van der Waals surface area contributed by atoms with Crippen LogP contribution in [0.3, 0.4) is 0 Å². The van der Waals surface area contributed by atoms with E-state index < -0.39 is 63.3 Å². The first-order chi connectivity index (χ1) is 27.4. The molecule has 16 heteroatoms. The molecule has 2 aliphatic carbocycles. The first kappa shape index (κ1) is 41.9. The molecule has 1 aromatic carbocycles. The lowest BCUT2D eigenvalue weighted by Crippen LogP contribution is -2.59. The number of nitrogens with one attached hydrogen (secondary N) is 3. The van der Waals surface area contributed by atoms with Crippen molar-refractivity contribution in [2.45, 2.75) is 107 Å². The molecular formula is C41H55N5O10S. The van der Waals surface area contributed by atoms with Gasteiger partial charge in [0.1, 0.15) is 30.0 Å². The molecule has 6 rings (SSSR count). The van der Waals surface area contributed by atoms with Crippen LogP contribution in [-0.4, -0.2) is 104 Å². The van der Waals surface area contributed by atoms with Crippen LogP contribution in [-0.2, 0) is 33.9 Å². The number of rotatable bonds is 17. The third kappa shape index (κ3) is 10.4. The summed E-state index contributed by atoms with van der Waals surface area (Å²) in [6, 6.07) is 4.35. The first-order valence-corrected chi connectivity index (χ1v) is 21.6. The van der Waals surface area contributed by atoms with Crippen LogP contribution in [0.4, 0.5) is 4.79 Å². The van der Waals surface area contributed by atoms with Gasteiger partial charge in [0.15, 0.2) is 0 Å². The van der Waals surface area contributed by atoms with E-state index >= 15 is 0 Å². The molecule has 6 atom stereocenters. The number of ether oxygens (including phenoxy) is 3. The number of aromatic hydroxyl groups is 1. The largest absolute Gasteiger partial charge is 0.497 e. The van der Waals surface area contributed by atoms with Crippen LogP contribution >= 0.6 is 0 Å². The Kier molecular flexibility index (Phi) is 13.8. The van der Waals surface area contributed by atoms with Gasteiger partial charge in [-0.1, -0.05) is 38.0 Å². The molecule has 4 fully saturated rings. The van der Waals surface area contributed by atoms with Gasteiger partial charge in [0.25, 0.3) is 5.91 Å². The Balaban J connectivity index is 1.03. The van der Waals surface area contributed by atoms with E-state index in [2.05, 4.69) is 26.9 Å². The van der Waals surface area contributed by atoms with Gasteiger partial charge in [-0.05, 0) is 81.9 Å². The fourth-order valence-electron chi connectivity index (χ4n) is 8.03. The Morgan fingerprint density at radius 2 is 1.84 bits per heavy atom. The maximum Gasteiger partial charge on any atom is 0.408 e. The highest BCUT2D eigenvalue weighted by molar-refractivity contribution is 7.90. The lowest BCUT2D eigenvalue weighted by molar-refractivity contribution is -0.141. The number of alkyl carbamates (subject to hydrolysis) is 1. The van der Waals surface area contributed by atoms with Gasteiger partial charge in [-0.15, -0.1) is 6.58 Å². The van der Waals surface area contributed by atoms with Gasteiger partial charge in [0.05, 0.1) is 31.1 Å². The summed E-state index contributed by atoms with van der Waals surface area (Å²) in [7, 11) is -2.27. The van der Waals surface area contributed by atoms with Crippen LogP contribution in [0.1, 0.15) is 83.1 Å². The quantitative estimate of drug-likeness (QED) is 0.131. The predicted octanol–water partition coefficient (Wildman–Crippen LogP) is 4.34. The van der Waals surface area contributed by atoms with E-state index in [1.165, 1.54) is 11.0 Å². The second-order valence-electron chi connectivity index (χ2n) is 15.7. The van der Waals surface area contributed by atoms with Crippen LogP contribution in [0.25, 0.3) is 17.0 Å².